The van der Waals surface area contributed by atoms with E-state index in [9.17, 15) is 0 Å². The smallest absolute Gasteiger partial charge is 0.0348 e. The maximum atomic E-state index is 5.66. The van der Waals surface area contributed by atoms with Crippen LogP contribution in [0.4, 0.5) is 0 Å². The first-order valence-corrected chi connectivity index (χ1v) is 5.91. The second kappa shape index (κ2) is 5.29. The van der Waals surface area contributed by atoms with Gasteiger partial charge in [0, 0.05) is 19.1 Å². The van der Waals surface area contributed by atoms with Crippen LogP contribution < -0.4 is 5.73 Å². The molecule has 1 atom stereocenters. The summed E-state index contributed by atoms with van der Waals surface area (Å²) < 4.78 is 0. The Bertz CT molecular complexity index is 282. The fourth-order valence-corrected chi connectivity index (χ4v) is 2.48. The van der Waals surface area contributed by atoms with Crippen molar-refractivity contribution in [2.75, 3.05) is 19.6 Å². The molecule has 82 valence electrons. The van der Waals surface area contributed by atoms with Crippen molar-refractivity contribution in [1.29, 1.82) is 0 Å². The third kappa shape index (κ3) is 2.58. The van der Waals surface area contributed by atoms with Crippen LogP contribution in [-0.4, -0.2) is 24.5 Å². The van der Waals surface area contributed by atoms with E-state index in [0.717, 1.165) is 13.1 Å². The molecule has 2 heteroatoms. The monoisotopic (exact) mass is 204 g/mol. The molecular formula is C13H20N2. The number of benzene rings is 1. The number of hydrogen-bond donors (Lipinski definition) is 1. The molecular weight excluding hydrogens is 184 g/mol. The number of nitrogens with two attached hydrogens (primary N) is 1. The van der Waals surface area contributed by atoms with Gasteiger partial charge in [-0.05, 0) is 24.9 Å². The van der Waals surface area contributed by atoms with Crippen LogP contribution >= 0.6 is 0 Å². The summed E-state index contributed by atoms with van der Waals surface area (Å²) in [7, 11) is 0. The van der Waals surface area contributed by atoms with Gasteiger partial charge in [-0.25, -0.2) is 0 Å². The van der Waals surface area contributed by atoms with Gasteiger partial charge in [0.1, 0.15) is 0 Å². The van der Waals surface area contributed by atoms with E-state index in [2.05, 4.69) is 35.2 Å². The van der Waals surface area contributed by atoms with E-state index < -0.39 is 0 Å². The summed E-state index contributed by atoms with van der Waals surface area (Å²) in [6.45, 7) is 3.00. The Kier molecular flexibility index (Phi) is 3.75. The van der Waals surface area contributed by atoms with Crippen LogP contribution in [0.2, 0.25) is 0 Å². The standard InChI is InChI=1S/C13H20N2/c14-9-11-15-10-5-4-8-13(15)12-6-2-1-3-7-12/h1-3,6-7,13H,4-5,8-11,14H2/t13-/m0/s1. The van der Waals surface area contributed by atoms with Gasteiger partial charge in [-0.2, -0.15) is 0 Å². The highest BCUT2D eigenvalue weighted by atomic mass is 15.2. The molecule has 0 amide bonds. The van der Waals surface area contributed by atoms with E-state index in [-0.39, 0.29) is 0 Å². The SMILES string of the molecule is NCCN1CCCC[C@H]1c1ccccc1. The van der Waals surface area contributed by atoms with Gasteiger partial charge in [0.15, 0.2) is 0 Å². The summed E-state index contributed by atoms with van der Waals surface area (Å²) in [5.74, 6) is 0. The molecule has 15 heavy (non-hydrogen) atoms. The van der Waals surface area contributed by atoms with Crippen molar-refractivity contribution in [3.8, 4) is 0 Å². The molecule has 0 radical (unpaired) electrons. The van der Waals surface area contributed by atoms with Gasteiger partial charge >= 0.3 is 0 Å². The van der Waals surface area contributed by atoms with E-state index in [1.807, 2.05) is 0 Å². The number of nitrogens with zero attached hydrogens (tertiary/aromatic N) is 1. The molecule has 0 aliphatic carbocycles. The predicted octanol–water partition coefficient (Wildman–Crippen LogP) is 2.17. The highest BCUT2D eigenvalue weighted by Crippen LogP contribution is 2.29. The number of rotatable bonds is 3. The summed E-state index contributed by atoms with van der Waals surface area (Å²) in [6.07, 6.45) is 3.95. The fraction of sp³-hybridized carbons (Fsp3) is 0.538. The topological polar surface area (TPSA) is 29.3 Å². The molecule has 0 unspecified atom stereocenters. The van der Waals surface area contributed by atoms with Crippen LogP contribution in [0.1, 0.15) is 30.9 Å². The van der Waals surface area contributed by atoms with Crippen LogP contribution in [0.5, 0.6) is 0 Å². The largest absolute Gasteiger partial charge is 0.329 e. The Labute approximate surface area is 92.1 Å². The van der Waals surface area contributed by atoms with Crippen molar-refractivity contribution in [1.82, 2.24) is 4.90 Å². The zero-order valence-electron chi connectivity index (χ0n) is 9.23. The van der Waals surface area contributed by atoms with Crippen LogP contribution in [-0.2, 0) is 0 Å². The number of likely N-dealkylation sites (tertiary alicyclic amines) is 1. The van der Waals surface area contributed by atoms with Crippen LogP contribution in [0.3, 0.4) is 0 Å². The van der Waals surface area contributed by atoms with Gasteiger partial charge in [0.05, 0.1) is 0 Å². The quantitative estimate of drug-likeness (QED) is 0.817. The second-order valence-corrected chi connectivity index (χ2v) is 4.25. The second-order valence-electron chi connectivity index (χ2n) is 4.25. The first kappa shape index (κ1) is 10.7. The van der Waals surface area contributed by atoms with Crippen molar-refractivity contribution >= 4 is 0 Å². The average Bonchev–Trinajstić information content (AvgIpc) is 2.31. The number of hydrogen-bond acceptors (Lipinski definition) is 2. The minimum atomic E-state index is 0.600. The van der Waals surface area contributed by atoms with E-state index in [1.165, 1.54) is 31.4 Å². The molecule has 2 nitrogen and oxygen atoms in total. The van der Waals surface area contributed by atoms with E-state index >= 15 is 0 Å². The van der Waals surface area contributed by atoms with Gasteiger partial charge < -0.3 is 5.73 Å². The molecule has 0 spiro atoms. The molecule has 0 bridgehead atoms. The van der Waals surface area contributed by atoms with Crippen LogP contribution in [0.25, 0.3) is 0 Å². The molecule has 1 aromatic rings. The van der Waals surface area contributed by atoms with Crippen molar-refractivity contribution in [2.45, 2.75) is 25.3 Å². The molecule has 1 saturated heterocycles. The highest BCUT2D eigenvalue weighted by molar-refractivity contribution is 5.19. The minimum Gasteiger partial charge on any atom is -0.329 e. The molecule has 0 aromatic heterocycles. The Balaban J connectivity index is 2.11. The highest BCUT2D eigenvalue weighted by Gasteiger charge is 2.22. The summed E-state index contributed by atoms with van der Waals surface area (Å²) in [5, 5.41) is 0. The molecule has 1 aromatic carbocycles. The summed E-state index contributed by atoms with van der Waals surface area (Å²) in [6, 6.07) is 11.4. The Morgan fingerprint density at radius 1 is 1.20 bits per heavy atom. The predicted molar refractivity (Wildman–Crippen MR) is 63.7 cm³/mol. The maximum Gasteiger partial charge on any atom is 0.0348 e. The Morgan fingerprint density at radius 3 is 2.73 bits per heavy atom. The molecule has 2 N–H and O–H groups in total. The van der Waals surface area contributed by atoms with Crippen molar-refractivity contribution < 1.29 is 0 Å². The van der Waals surface area contributed by atoms with Crippen molar-refractivity contribution in [3.63, 3.8) is 0 Å². The number of piperidine rings is 1. The van der Waals surface area contributed by atoms with E-state index in [1.54, 1.807) is 0 Å². The summed E-state index contributed by atoms with van der Waals surface area (Å²) in [4.78, 5) is 2.53. The molecule has 1 fully saturated rings. The van der Waals surface area contributed by atoms with E-state index in [0.29, 0.717) is 6.04 Å². The Morgan fingerprint density at radius 2 is 2.00 bits per heavy atom. The molecule has 2 rings (SSSR count). The lowest BCUT2D eigenvalue weighted by molar-refractivity contribution is 0.153. The zero-order valence-corrected chi connectivity index (χ0v) is 9.23. The Hall–Kier alpha value is -0.860. The van der Waals surface area contributed by atoms with Crippen molar-refractivity contribution in [3.05, 3.63) is 35.9 Å². The van der Waals surface area contributed by atoms with Gasteiger partial charge in [-0.3, -0.25) is 4.90 Å². The minimum absolute atomic E-state index is 0.600. The molecule has 1 heterocycles. The average molecular weight is 204 g/mol. The van der Waals surface area contributed by atoms with Gasteiger partial charge in [-0.15, -0.1) is 0 Å². The normalized spacial score (nSPS) is 22.9. The lowest BCUT2D eigenvalue weighted by Crippen LogP contribution is -2.36. The fourth-order valence-electron chi connectivity index (χ4n) is 2.48. The third-order valence-corrected chi connectivity index (χ3v) is 3.21. The molecule has 1 aliphatic rings. The lowest BCUT2D eigenvalue weighted by atomic mass is 9.95. The van der Waals surface area contributed by atoms with E-state index in [4.69, 9.17) is 5.73 Å². The van der Waals surface area contributed by atoms with Gasteiger partial charge in [0.25, 0.3) is 0 Å². The zero-order chi connectivity index (χ0) is 10.5. The first-order valence-electron chi connectivity index (χ1n) is 5.91. The molecule has 1 aliphatic heterocycles. The van der Waals surface area contributed by atoms with Crippen molar-refractivity contribution in [2.24, 2.45) is 5.73 Å². The van der Waals surface area contributed by atoms with Gasteiger partial charge in [-0.1, -0.05) is 36.8 Å². The summed E-state index contributed by atoms with van der Waals surface area (Å²) in [5.41, 5.74) is 7.11. The van der Waals surface area contributed by atoms with Gasteiger partial charge in [0.2, 0.25) is 0 Å². The first-order chi connectivity index (χ1) is 7.42. The van der Waals surface area contributed by atoms with Crippen LogP contribution in [0.15, 0.2) is 30.3 Å². The lowest BCUT2D eigenvalue weighted by Gasteiger charge is -2.35. The maximum absolute atomic E-state index is 5.66. The molecule has 0 saturated carbocycles. The summed E-state index contributed by atoms with van der Waals surface area (Å²) >= 11 is 0. The van der Waals surface area contributed by atoms with Crippen LogP contribution in [0, 0.1) is 0 Å². The third-order valence-electron chi connectivity index (χ3n) is 3.21.